The molecule has 2 rings (SSSR count). The number of benzene rings is 1. The van der Waals surface area contributed by atoms with Gasteiger partial charge in [0, 0.05) is 12.3 Å². The fourth-order valence-electron chi connectivity index (χ4n) is 2.12. The Balaban J connectivity index is 2.01. The van der Waals surface area contributed by atoms with Crippen LogP contribution in [0.2, 0.25) is 0 Å². The zero-order valence-corrected chi connectivity index (χ0v) is 11.7. The van der Waals surface area contributed by atoms with Gasteiger partial charge in [-0.1, -0.05) is 0 Å². The summed E-state index contributed by atoms with van der Waals surface area (Å²) in [6, 6.07) is 5.67. The first-order valence-corrected chi connectivity index (χ1v) is 6.76. The molecule has 4 heteroatoms. The summed E-state index contributed by atoms with van der Waals surface area (Å²) in [5.74, 6) is 0.791. The van der Waals surface area contributed by atoms with Crippen LogP contribution in [0.1, 0.15) is 32.3 Å². The molecule has 104 valence electrons. The van der Waals surface area contributed by atoms with Crippen LogP contribution in [0.3, 0.4) is 0 Å². The summed E-state index contributed by atoms with van der Waals surface area (Å²) in [7, 11) is 0. The summed E-state index contributed by atoms with van der Waals surface area (Å²) >= 11 is 0. The fourth-order valence-corrected chi connectivity index (χ4v) is 2.12. The third-order valence-electron chi connectivity index (χ3n) is 3.03. The zero-order chi connectivity index (χ0) is 13.8. The first-order chi connectivity index (χ1) is 9.06. The van der Waals surface area contributed by atoms with Crippen LogP contribution in [-0.4, -0.2) is 24.7 Å². The second kappa shape index (κ2) is 6.06. The van der Waals surface area contributed by atoms with E-state index in [1.165, 1.54) is 0 Å². The van der Waals surface area contributed by atoms with Gasteiger partial charge in [0.15, 0.2) is 0 Å². The highest BCUT2D eigenvalue weighted by Crippen LogP contribution is 2.23. The lowest BCUT2D eigenvalue weighted by Gasteiger charge is -2.15. The van der Waals surface area contributed by atoms with Gasteiger partial charge < -0.3 is 14.8 Å². The minimum absolute atomic E-state index is 0.0607. The van der Waals surface area contributed by atoms with E-state index in [2.05, 4.69) is 5.32 Å². The molecule has 0 spiro atoms. The minimum Gasteiger partial charge on any atom is -0.491 e. The van der Waals surface area contributed by atoms with Crippen LogP contribution < -0.4 is 10.1 Å². The molecule has 0 saturated carbocycles. The van der Waals surface area contributed by atoms with E-state index in [1.54, 1.807) is 0 Å². The number of amides is 1. The van der Waals surface area contributed by atoms with Gasteiger partial charge in [0.25, 0.3) is 5.91 Å². The highest BCUT2D eigenvalue weighted by Gasteiger charge is 2.23. The predicted octanol–water partition coefficient (Wildman–Crippen LogP) is 2.90. The van der Waals surface area contributed by atoms with E-state index in [-0.39, 0.29) is 18.1 Å². The smallest absolute Gasteiger partial charge is 0.253 e. The monoisotopic (exact) mass is 263 g/mol. The highest BCUT2D eigenvalue weighted by atomic mass is 16.5. The van der Waals surface area contributed by atoms with Crippen molar-refractivity contribution in [2.75, 3.05) is 11.9 Å². The van der Waals surface area contributed by atoms with Crippen LogP contribution in [0.5, 0.6) is 5.75 Å². The van der Waals surface area contributed by atoms with E-state index < -0.39 is 0 Å². The van der Waals surface area contributed by atoms with Gasteiger partial charge in [0.2, 0.25) is 0 Å². The average Bonchev–Trinajstić information content (AvgIpc) is 2.86. The molecule has 0 radical (unpaired) electrons. The van der Waals surface area contributed by atoms with Gasteiger partial charge in [-0.3, -0.25) is 4.79 Å². The second-order valence-corrected chi connectivity index (χ2v) is 5.14. The lowest BCUT2D eigenvalue weighted by Crippen LogP contribution is -2.26. The molecule has 1 unspecified atom stereocenters. The van der Waals surface area contributed by atoms with Gasteiger partial charge in [0.05, 0.1) is 6.10 Å². The Morgan fingerprint density at radius 2 is 2.26 bits per heavy atom. The van der Waals surface area contributed by atoms with Gasteiger partial charge in [-0.05, 0) is 57.4 Å². The number of ether oxygens (including phenoxy) is 2. The lowest BCUT2D eigenvalue weighted by atomic mass is 10.2. The molecular weight excluding hydrogens is 242 g/mol. The normalized spacial score (nSPS) is 18.6. The average molecular weight is 263 g/mol. The molecule has 0 aromatic heterocycles. The van der Waals surface area contributed by atoms with E-state index in [1.807, 2.05) is 39.0 Å². The minimum atomic E-state index is -0.299. The fraction of sp³-hybridized carbons (Fsp3) is 0.533. The summed E-state index contributed by atoms with van der Waals surface area (Å²) < 4.78 is 11.0. The molecule has 1 aliphatic rings. The molecule has 1 fully saturated rings. The van der Waals surface area contributed by atoms with Crippen LogP contribution in [0.25, 0.3) is 0 Å². The number of carbonyl (C=O) groups is 1. The molecule has 0 aliphatic carbocycles. The molecule has 1 aliphatic heterocycles. The number of anilines is 1. The van der Waals surface area contributed by atoms with Gasteiger partial charge >= 0.3 is 0 Å². The maximum atomic E-state index is 11.9. The summed E-state index contributed by atoms with van der Waals surface area (Å²) in [6.07, 6.45) is 1.61. The third-order valence-corrected chi connectivity index (χ3v) is 3.03. The molecule has 19 heavy (non-hydrogen) atoms. The summed E-state index contributed by atoms with van der Waals surface area (Å²) in [4.78, 5) is 11.9. The van der Waals surface area contributed by atoms with Crippen LogP contribution in [0, 0.1) is 6.92 Å². The van der Waals surface area contributed by atoms with Crippen LogP contribution in [0.15, 0.2) is 18.2 Å². The van der Waals surface area contributed by atoms with E-state index in [4.69, 9.17) is 9.47 Å². The Morgan fingerprint density at radius 3 is 2.84 bits per heavy atom. The van der Waals surface area contributed by atoms with Gasteiger partial charge in [-0.2, -0.15) is 0 Å². The number of rotatable bonds is 4. The van der Waals surface area contributed by atoms with Crippen LogP contribution in [0.4, 0.5) is 5.69 Å². The second-order valence-electron chi connectivity index (χ2n) is 5.14. The van der Waals surface area contributed by atoms with Crippen LogP contribution >= 0.6 is 0 Å². The van der Waals surface area contributed by atoms with Crippen molar-refractivity contribution in [2.24, 2.45) is 0 Å². The number of nitrogens with one attached hydrogen (secondary N) is 1. The molecule has 1 saturated heterocycles. The van der Waals surface area contributed by atoms with E-state index in [0.29, 0.717) is 6.61 Å². The number of hydrogen-bond donors (Lipinski definition) is 1. The largest absolute Gasteiger partial charge is 0.491 e. The number of aryl methyl sites for hydroxylation is 1. The Kier molecular flexibility index (Phi) is 4.43. The standard InChI is InChI=1S/C15H21NO3/c1-10(2)19-13-7-6-12(9-11(13)3)16-15(17)14-5-4-8-18-14/h6-7,9-10,14H,4-5,8H2,1-3H3,(H,16,17). The maximum Gasteiger partial charge on any atom is 0.253 e. The van der Waals surface area contributed by atoms with E-state index in [9.17, 15) is 4.79 Å². The van der Waals surface area contributed by atoms with Crippen molar-refractivity contribution >= 4 is 11.6 Å². The molecule has 1 amide bonds. The molecule has 4 nitrogen and oxygen atoms in total. The highest BCUT2D eigenvalue weighted by molar-refractivity contribution is 5.94. The molecule has 1 atom stereocenters. The topological polar surface area (TPSA) is 47.6 Å². The van der Waals surface area contributed by atoms with Gasteiger partial charge in [0.1, 0.15) is 11.9 Å². The summed E-state index contributed by atoms with van der Waals surface area (Å²) in [5, 5.41) is 2.89. The number of hydrogen-bond acceptors (Lipinski definition) is 3. The van der Waals surface area contributed by atoms with Crippen molar-refractivity contribution in [3.63, 3.8) is 0 Å². The quantitative estimate of drug-likeness (QED) is 0.908. The Bertz CT molecular complexity index is 451. The van der Waals surface area contributed by atoms with Crippen LogP contribution in [-0.2, 0) is 9.53 Å². The molecule has 1 heterocycles. The Morgan fingerprint density at radius 1 is 1.47 bits per heavy atom. The van der Waals surface area contributed by atoms with Gasteiger partial charge in [-0.25, -0.2) is 0 Å². The molecular formula is C15H21NO3. The third kappa shape index (κ3) is 3.70. The van der Waals surface area contributed by atoms with E-state index >= 15 is 0 Å². The Hall–Kier alpha value is -1.55. The van der Waals surface area contributed by atoms with E-state index in [0.717, 1.165) is 29.8 Å². The predicted molar refractivity (Wildman–Crippen MR) is 74.5 cm³/mol. The van der Waals surface area contributed by atoms with Crippen molar-refractivity contribution < 1.29 is 14.3 Å². The molecule has 1 aromatic carbocycles. The Labute approximate surface area is 114 Å². The first-order valence-electron chi connectivity index (χ1n) is 6.76. The van der Waals surface area contributed by atoms with Crippen molar-refractivity contribution in [3.05, 3.63) is 23.8 Å². The van der Waals surface area contributed by atoms with Crippen molar-refractivity contribution in [2.45, 2.75) is 45.8 Å². The molecule has 0 bridgehead atoms. The van der Waals surface area contributed by atoms with Crippen molar-refractivity contribution in [1.29, 1.82) is 0 Å². The summed E-state index contributed by atoms with van der Waals surface area (Å²) in [6.45, 7) is 6.64. The SMILES string of the molecule is Cc1cc(NC(=O)C2CCCO2)ccc1OC(C)C. The molecule has 1 aromatic rings. The summed E-state index contributed by atoms with van der Waals surface area (Å²) in [5.41, 5.74) is 1.80. The zero-order valence-electron chi connectivity index (χ0n) is 11.7. The number of carbonyl (C=O) groups excluding carboxylic acids is 1. The molecule has 1 N–H and O–H groups in total. The van der Waals surface area contributed by atoms with Crippen molar-refractivity contribution in [3.8, 4) is 5.75 Å². The van der Waals surface area contributed by atoms with Gasteiger partial charge in [-0.15, -0.1) is 0 Å². The lowest BCUT2D eigenvalue weighted by molar-refractivity contribution is -0.124. The first kappa shape index (κ1) is 13.9. The van der Waals surface area contributed by atoms with Crippen molar-refractivity contribution in [1.82, 2.24) is 0 Å². The maximum absolute atomic E-state index is 11.9.